The molecule has 2 aromatic carbocycles. The van der Waals surface area contributed by atoms with E-state index in [0.717, 1.165) is 0 Å². The zero-order valence-corrected chi connectivity index (χ0v) is 16.9. The lowest BCUT2D eigenvalue weighted by Gasteiger charge is -2.39. The molecule has 5 nitrogen and oxygen atoms in total. The van der Waals surface area contributed by atoms with Gasteiger partial charge in [0.05, 0.1) is 5.92 Å². The fourth-order valence-corrected chi connectivity index (χ4v) is 4.77. The van der Waals surface area contributed by atoms with Crippen molar-refractivity contribution in [1.29, 1.82) is 0 Å². The minimum Gasteiger partial charge on any atom is -0.481 e. The highest BCUT2D eigenvalue weighted by molar-refractivity contribution is 5.79. The Kier molecular flexibility index (Phi) is 5.31. The van der Waals surface area contributed by atoms with Crippen LogP contribution in [0, 0.1) is 11.8 Å². The van der Waals surface area contributed by atoms with E-state index in [2.05, 4.69) is 38.1 Å². The topological polar surface area (TPSA) is 66.8 Å². The van der Waals surface area contributed by atoms with E-state index in [1.165, 1.54) is 22.3 Å². The maximum atomic E-state index is 13.0. The number of fused-ring (bicyclic) bond motifs is 3. The van der Waals surface area contributed by atoms with Crippen LogP contribution in [0.3, 0.4) is 0 Å². The molecule has 2 aromatic rings. The van der Waals surface area contributed by atoms with Crippen molar-refractivity contribution >= 4 is 12.1 Å². The Morgan fingerprint density at radius 1 is 1.03 bits per heavy atom. The molecule has 2 atom stereocenters. The largest absolute Gasteiger partial charge is 0.481 e. The standard InChI is InChI=1S/C24H27NO4/c1-15(2)22-12-11-16(23(26)27)13-25(22)24(28)29-14-21-19-9-5-3-7-17(19)18-8-4-6-10-20(18)21/h3-10,15-16,21-22H,11-14H2,1-2H3,(H,26,27)/t16-,22-/m0/s1. The van der Waals surface area contributed by atoms with Gasteiger partial charge in [0.25, 0.3) is 0 Å². The molecule has 0 bridgehead atoms. The van der Waals surface area contributed by atoms with Gasteiger partial charge in [-0.3, -0.25) is 4.79 Å². The maximum absolute atomic E-state index is 13.0. The summed E-state index contributed by atoms with van der Waals surface area (Å²) in [5, 5.41) is 9.40. The van der Waals surface area contributed by atoms with Crippen molar-refractivity contribution in [2.75, 3.05) is 13.2 Å². The summed E-state index contributed by atoms with van der Waals surface area (Å²) in [4.78, 5) is 26.1. The monoisotopic (exact) mass is 393 g/mol. The van der Waals surface area contributed by atoms with Crippen LogP contribution in [0.4, 0.5) is 4.79 Å². The molecule has 0 saturated carbocycles. The first-order valence-electron chi connectivity index (χ1n) is 10.3. The van der Waals surface area contributed by atoms with Crippen LogP contribution in [0.5, 0.6) is 0 Å². The number of carboxylic acid groups (broad SMARTS) is 1. The summed E-state index contributed by atoms with van der Waals surface area (Å²) >= 11 is 0. The number of hydrogen-bond donors (Lipinski definition) is 1. The smallest absolute Gasteiger partial charge is 0.410 e. The average Bonchev–Trinajstić information content (AvgIpc) is 3.05. The second-order valence-electron chi connectivity index (χ2n) is 8.38. The number of amides is 1. The summed E-state index contributed by atoms with van der Waals surface area (Å²) in [5.74, 6) is -1.11. The number of benzene rings is 2. The summed E-state index contributed by atoms with van der Waals surface area (Å²) < 4.78 is 5.78. The molecular weight excluding hydrogens is 366 g/mol. The Morgan fingerprint density at radius 2 is 1.62 bits per heavy atom. The highest BCUT2D eigenvalue weighted by Gasteiger charge is 2.37. The number of hydrogen-bond acceptors (Lipinski definition) is 3. The van der Waals surface area contributed by atoms with Crippen LogP contribution in [-0.2, 0) is 9.53 Å². The summed E-state index contributed by atoms with van der Waals surface area (Å²) in [6, 6.07) is 16.5. The van der Waals surface area contributed by atoms with E-state index < -0.39 is 18.0 Å². The Balaban J connectivity index is 1.52. The van der Waals surface area contributed by atoms with Gasteiger partial charge in [-0.2, -0.15) is 0 Å². The van der Waals surface area contributed by atoms with Gasteiger partial charge in [-0.15, -0.1) is 0 Å². The molecule has 1 aliphatic heterocycles. The van der Waals surface area contributed by atoms with Crippen LogP contribution in [0.15, 0.2) is 48.5 Å². The summed E-state index contributed by atoms with van der Waals surface area (Å²) in [7, 11) is 0. The van der Waals surface area contributed by atoms with Crippen molar-refractivity contribution in [3.63, 3.8) is 0 Å². The Morgan fingerprint density at radius 3 is 2.17 bits per heavy atom. The highest BCUT2D eigenvalue weighted by Crippen LogP contribution is 2.44. The number of aliphatic carboxylic acids is 1. The van der Waals surface area contributed by atoms with Gasteiger partial charge < -0.3 is 14.7 Å². The Labute approximate surface area is 171 Å². The summed E-state index contributed by atoms with van der Waals surface area (Å²) in [6.07, 6.45) is 0.890. The van der Waals surface area contributed by atoms with Gasteiger partial charge in [-0.05, 0) is 41.0 Å². The quantitative estimate of drug-likeness (QED) is 0.813. The van der Waals surface area contributed by atoms with Crippen LogP contribution < -0.4 is 0 Å². The number of nitrogens with zero attached hydrogens (tertiary/aromatic N) is 1. The third-order valence-corrected chi connectivity index (χ3v) is 6.32. The first kappa shape index (κ1) is 19.5. The van der Waals surface area contributed by atoms with Crippen molar-refractivity contribution in [2.24, 2.45) is 11.8 Å². The van der Waals surface area contributed by atoms with Crippen LogP contribution in [-0.4, -0.2) is 41.3 Å². The van der Waals surface area contributed by atoms with Crippen molar-refractivity contribution in [1.82, 2.24) is 4.90 Å². The van der Waals surface area contributed by atoms with Crippen LogP contribution in [0.1, 0.15) is 43.7 Å². The van der Waals surface area contributed by atoms with Crippen molar-refractivity contribution in [3.05, 3.63) is 59.7 Å². The number of likely N-dealkylation sites (tertiary alicyclic amines) is 1. The second-order valence-corrected chi connectivity index (χ2v) is 8.38. The summed E-state index contributed by atoms with van der Waals surface area (Å²) in [5.41, 5.74) is 4.72. The zero-order valence-electron chi connectivity index (χ0n) is 16.9. The van der Waals surface area contributed by atoms with E-state index >= 15 is 0 Å². The van der Waals surface area contributed by atoms with E-state index in [4.69, 9.17) is 4.74 Å². The number of ether oxygens (including phenoxy) is 1. The molecule has 152 valence electrons. The number of carbonyl (C=O) groups excluding carboxylic acids is 1. The molecular formula is C24H27NO4. The molecule has 5 heteroatoms. The van der Waals surface area contributed by atoms with E-state index in [1.807, 2.05) is 24.3 Å². The Bertz CT molecular complexity index is 877. The number of carbonyl (C=O) groups is 2. The van der Waals surface area contributed by atoms with E-state index in [0.29, 0.717) is 12.8 Å². The van der Waals surface area contributed by atoms with Gasteiger partial charge in [0.15, 0.2) is 0 Å². The first-order valence-corrected chi connectivity index (χ1v) is 10.3. The third kappa shape index (κ3) is 3.61. The normalized spacial score (nSPS) is 21.0. The van der Waals surface area contributed by atoms with Gasteiger partial charge in [-0.25, -0.2) is 4.79 Å². The van der Waals surface area contributed by atoms with Crippen molar-refractivity contribution < 1.29 is 19.4 Å². The van der Waals surface area contributed by atoms with Crippen LogP contribution >= 0.6 is 0 Å². The minimum absolute atomic E-state index is 0.00362. The zero-order chi connectivity index (χ0) is 20.5. The summed E-state index contributed by atoms with van der Waals surface area (Å²) in [6.45, 7) is 4.60. The molecule has 1 heterocycles. The molecule has 1 N–H and O–H groups in total. The van der Waals surface area contributed by atoms with E-state index in [-0.39, 0.29) is 31.0 Å². The SMILES string of the molecule is CC(C)[C@@H]1CC[C@H](C(=O)O)CN1C(=O)OCC1c2ccccc2-c2ccccc21. The molecule has 2 aliphatic rings. The molecule has 1 fully saturated rings. The third-order valence-electron chi connectivity index (χ3n) is 6.32. The van der Waals surface area contributed by atoms with Gasteiger partial charge in [0.1, 0.15) is 6.61 Å². The van der Waals surface area contributed by atoms with Gasteiger partial charge in [-0.1, -0.05) is 62.4 Å². The average molecular weight is 393 g/mol. The molecule has 1 saturated heterocycles. The maximum Gasteiger partial charge on any atom is 0.410 e. The predicted octanol–water partition coefficient (Wildman–Crippen LogP) is 4.76. The van der Waals surface area contributed by atoms with Gasteiger partial charge in [0, 0.05) is 18.5 Å². The van der Waals surface area contributed by atoms with E-state index in [1.54, 1.807) is 4.90 Å². The Hall–Kier alpha value is -2.82. The minimum atomic E-state index is -0.844. The molecule has 1 amide bonds. The molecule has 0 radical (unpaired) electrons. The van der Waals surface area contributed by atoms with Crippen LogP contribution in [0.25, 0.3) is 11.1 Å². The number of carboxylic acids is 1. The lowest BCUT2D eigenvalue weighted by molar-refractivity contribution is -0.144. The van der Waals surface area contributed by atoms with Gasteiger partial charge >= 0.3 is 12.1 Å². The van der Waals surface area contributed by atoms with Crippen molar-refractivity contribution in [2.45, 2.75) is 38.6 Å². The molecule has 0 unspecified atom stereocenters. The van der Waals surface area contributed by atoms with Crippen LogP contribution in [0.2, 0.25) is 0 Å². The van der Waals surface area contributed by atoms with E-state index in [9.17, 15) is 14.7 Å². The molecule has 29 heavy (non-hydrogen) atoms. The van der Waals surface area contributed by atoms with Gasteiger partial charge in [0.2, 0.25) is 0 Å². The number of piperidine rings is 1. The fourth-order valence-electron chi connectivity index (χ4n) is 4.77. The molecule has 0 aromatic heterocycles. The van der Waals surface area contributed by atoms with Crippen molar-refractivity contribution in [3.8, 4) is 11.1 Å². The lowest BCUT2D eigenvalue weighted by Crippen LogP contribution is -2.51. The predicted molar refractivity (Wildman–Crippen MR) is 111 cm³/mol. The molecule has 4 rings (SSSR count). The second kappa shape index (κ2) is 7.90. The fraction of sp³-hybridized carbons (Fsp3) is 0.417. The first-order chi connectivity index (χ1) is 14.0. The highest BCUT2D eigenvalue weighted by atomic mass is 16.6. The number of rotatable bonds is 4. The molecule has 0 spiro atoms. The lowest BCUT2D eigenvalue weighted by atomic mass is 9.87. The molecule has 1 aliphatic carbocycles.